The lowest BCUT2D eigenvalue weighted by atomic mass is 9.93. The number of benzene rings is 1. The van der Waals surface area contributed by atoms with Gasteiger partial charge in [0.2, 0.25) is 0 Å². The minimum Gasteiger partial charge on any atom is -0.490 e. The zero-order valence-corrected chi connectivity index (χ0v) is 13.8. The number of fused-ring (bicyclic) bond motifs is 1. The standard InChI is InChI=1S/C18H29NO2/c1-5-11-19-17-14-8-6-7-9-15(14)21-13-16(17)20-12-10-18(2,3)4/h6-9,16-17,19H,5,10-13H2,1-4H3. The molecule has 1 aliphatic heterocycles. The normalized spacial score (nSPS) is 21.7. The fraction of sp³-hybridized carbons (Fsp3) is 0.667. The zero-order chi connectivity index (χ0) is 15.3. The second-order valence-electron chi connectivity index (χ2n) is 7.00. The number of nitrogens with one attached hydrogen (secondary N) is 1. The van der Waals surface area contributed by atoms with Crippen LogP contribution in [-0.2, 0) is 4.74 Å². The Morgan fingerprint density at radius 2 is 2.05 bits per heavy atom. The maximum Gasteiger partial charge on any atom is 0.124 e. The number of ether oxygens (including phenoxy) is 2. The van der Waals surface area contributed by atoms with E-state index >= 15 is 0 Å². The molecule has 0 saturated carbocycles. The van der Waals surface area contributed by atoms with E-state index in [9.17, 15) is 0 Å². The van der Waals surface area contributed by atoms with Gasteiger partial charge in [0.25, 0.3) is 0 Å². The molecule has 1 aromatic carbocycles. The van der Waals surface area contributed by atoms with Crippen LogP contribution >= 0.6 is 0 Å². The maximum absolute atomic E-state index is 6.14. The van der Waals surface area contributed by atoms with Gasteiger partial charge in [0.1, 0.15) is 18.5 Å². The first kappa shape index (κ1) is 16.3. The summed E-state index contributed by atoms with van der Waals surface area (Å²) in [6.45, 7) is 11.3. The largest absolute Gasteiger partial charge is 0.490 e. The van der Waals surface area contributed by atoms with E-state index in [0.717, 1.165) is 31.7 Å². The quantitative estimate of drug-likeness (QED) is 0.861. The van der Waals surface area contributed by atoms with Crippen LogP contribution in [0.4, 0.5) is 0 Å². The van der Waals surface area contributed by atoms with Gasteiger partial charge in [-0.05, 0) is 30.9 Å². The van der Waals surface area contributed by atoms with Crippen LogP contribution in [0, 0.1) is 5.41 Å². The van der Waals surface area contributed by atoms with E-state index < -0.39 is 0 Å². The minimum atomic E-state index is 0.0915. The van der Waals surface area contributed by atoms with Gasteiger partial charge < -0.3 is 14.8 Å². The average Bonchev–Trinajstić information content (AvgIpc) is 2.44. The summed E-state index contributed by atoms with van der Waals surface area (Å²) < 4.78 is 12.0. The van der Waals surface area contributed by atoms with E-state index in [1.165, 1.54) is 5.56 Å². The fourth-order valence-electron chi connectivity index (χ4n) is 2.54. The van der Waals surface area contributed by atoms with Gasteiger partial charge in [-0.1, -0.05) is 45.9 Å². The summed E-state index contributed by atoms with van der Waals surface area (Å²) in [6.07, 6.45) is 2.27. The van der Waals surface area contributed by atoms with Crippen LogP contribution < -0.4 is 10.1 Å². The topological polar surface area (TPSA) is 30.5 Å². The molecule has 1 aromatic rings. The summed E-state index contributed by atoms with van der Waals surface area (Å²) in [5.74, 6) is 0.988. The molecule has 21 heavy (non-hydrogen) atoms. The van der Waals surface area contributed by atoms with Crippen molar-refractivity contribution in [2.45, 2.75) is 52.7 Å². The van der Waals surface area contributed by atoms with Gasteiger partial charge in [0.15, 0.2) is 0 Å². The molecule has 118 valence electrons. The molecule has 0 aromatic heterocycles. The highest BCUT2D eigenvalue weighted by Gasteiger charge is 2.31. The van der Waals surface area contributed by atoms with Crippen LogP contribution in [0.1, 0.15) is 52.1 Å². The van der Waals surface area contributed by atoms with Crippen molar-refractivity contribution in [1.82, 2.24) is 5.32 Å². The molecule has 0 spiro atoms. The number of rotatable bonds is 6. The van der Waals surface area contributed by atoms with E-state index in [-0.39, 0.29) is 12.1 Å². The molecular formula is C18H29NO2. The fourth-order valence-corrected chi connectivity index (χ4v) is 2.54. The maximum atomic E-state index is 6.14. The molecule has 0 bridgehead atoms. The Kier molecular flexibility index (Phi) is 5.65. The predicted molar refractivity (Wildman–Crippen MR) is 86.8 cm³/mol. The molecule has 0 saturated heterocycles. The SMILES string of the molecule is CCCNC1c2ccccc2OCC1OCCC(C)(C)C. The van der Waals surface area contributed by atoms with Crippen molar-refractivity contribution >= 4 is 0 Å². The lowest BCUT2D eigenvalue weighted by molar-refractivity contribution is -0.0237. The van der Waals surface area contributed by atoms with Crippen molar-refractivity contribution in [2.75, 3.05) is 19.8 Å². The van der Waals surface area contributed by atoms with Crippen LogP contribution in [0.5, 0.6) is 5.75 Å². The van der Waals surface area contributed by atoms with Crippen molar-refractivity contribution < 1.29 is 9.47 Å². The average molecular weight is 291 g/mol. The highest BCUT2D eigenvalue weighted by atomic mass is 16.5. The molecule has 1 N–H and O–H groups in total. The number of hydrogen-bond donors (Lipinski definition) is 1. The van der Waals surface area contributed by atoms with Crippen molar-refractivity contribution in [3.63, 3.8) is 0 Å². The molecule has 0 radical (unpaired) electrons. The summed E-state index contributed by atoms with van der Waals surface area (Å²) in [6, 6.07) is 8.51. The van der Waals surface area contributed by atoms with Gasteiger partial charge in [-0.15, -0.1) is 0 Å². The summed E-state index contributed by atoms with van der Waals surface area (Å²) in [4.78, 5) is 0. The van der Waals surface area contributed by atoms with Gasteiger partial charge in [0, 0.05) is 12.2 Å². The second kappa shape index (κ2) is 7.28. The second-order valence-corrected chi connectivity index (χ2v) is 7.00. The smallest absolute Gasteiger partial charge is 0.124 e. The number of hydrogen-bond acceptors (Lipinski definition) is 3. The van der Waals surface area contributed by atoms with Crippen LogP contribution in [0.3, 0.4) is 0 Å². The summed E-state index contributed by atoms with van der Waals surface area (Å²) in [5.41, 5.74) is 1.53. The third-order valence-corrected chi connectivity index (χ3v) is 3.83. The van der Waals surface area contributed by atoms with Crippen LogP contribution in [0.2, 0.25) is 0 Å². The van der Waals surface area contributed by atoms with E-state index in [1.807, 2.05) is 12.1 Å². The Morgan fingerprint density at radius 1 is 1.29 bits per heavy atom. The van der Waals surface area contributed by atoms with Crippen LogP contribution in [0.25, 0.3) is 0 Å². The van der Waals surface area contributed by atoms with Gasteiger partial charge in [-0.2, -0.15) is 0 Å². The van der Waals surface area contributed by atoms with Crippen molar-refractivity contribution in [3.8, 4) is 5.75 Å². The molecule has 0 amide bonds. The Balaban J connectivity index is 2.03. The first-order valence-electron chi connectivity index (χ1n) is 8.08. The molecule has 2 rings (SSSR count). The van der Waals surface area contributed by atoms with Crippen molar-refractivity contribution in [1.29, 1.82) is 0 Å². The molecule has 0 fully saturated rings. The summed E-state index contributed by atoms with van der Waals surface area (Å²) in [7, 11) is 0. The zero-order valence-electron chi connectivity index (χ0n) is 13.8. The van der Waals surface area contributed by atoms with Gasteiger partial charge in [0.05, 0.1) is 6.04 Å². The van der Waals surface area contributed by atoms with E-state index in [1.54, 1.807) is 0 Å². The molecule has 3 heteroatoms. The third-order valence-electron chi connectivity index (χ3n) is 3.83. The molecular weight excluding hydrogens is 262 g/mol. The van der Waals surface area contributed by atoms with Gasteiger partial charge >= 0.3 is 0 Å². The molecule has 1 aliphatic rings. The molecule has 0 aliphatic carbocycles. The van der Waals surface area contributed by atoms with Gasteiger partial charge in [-0.25, -0.2) is 0 Å². The first-order chi connectivity index (χ1) is 10.0. The monoisotopic (exact) mass is 291 g/mol. The van der Waals surface area contributed by atoms with E-state index in [4.69, 9.17) is 9.47 Å². The summed E-state index contributed by atoms with van der Waals surface area (Å²) >= 11 is 0. The minimum absolute atomic E-state index is 0.0915. The Hall–Kier alpha value is -1.06. The Morgan fingerprint density at radius 3 is 2.76 bits per heavy atom. The Bertz CT molecular complexity index is 439. The highest BCUT2D eigenvalue weighted by Crippen LogP contribution is 2.33. The molecule has 2 unspecified atom stereocenters. The van der Waals surface area contributed by atoms with E-state index in [2.05, 4.69) is 45.1 Å². The lowest BCUT2D eigenvalue weighted by Crippen LogP contribution is -2.41. The number of para-hydroxylation sites is 1. The third kappa shape index (κ3) is 4.72. The lowest BCUT2D eigenvalue weighted by Gasteiger charge is -2.34. The van der Waals surface area contributed by atoms with Gasteiger partial charge in [-0.3, -0.25) is 0 Å². The van der Waals surface area contributed by atoms with Crippen LogP contribution in [0.15, 0.2) is 24.3 Å². The van der Waals surface area contributed by atoms with Crippen molar-refractivity contribution in [2.24, 2.45) is 5.41 Å². The highest BCUT2D eigenvalue weighted by molar-refractivity contribution is 5.38. The van der Waals surface area contributed by atoms with E-state index in [0.29, 0.717) is 12.0 Å². The molecule has 2 atom stereocenters. The summed E-state index contributed by atoms with van der Waals surface area (Å²) in [5, 5.41) is 3.62. The van der Waals surface area contributed by atoms with Crippen LogP contribution in [-0.4, -0.2) is 25.9 Å². The predicted octanol–water partition coefficient (Wildman–Crippen LogP) is 3.94. The molecule has 1 heterocycles. The Labute approximate surface area is 129 Å². The molecule has 3 nitrogen and oxygen atoms in total. The van der Waals surface area contributed by atoms with Crippen molar-refractivity contribution in [3.05, 3.63) is 29.8 Å². The first-order valence-corrected chi connectivity index (χ1v) is 8.08.